The summed E-state index contributed by atoms with van der Waals surface area (Å²) in [5.74, 6) is -0.243. The molecule has 1 aromatic heterocycles. The number of carbonyl (C=O) groups excluding carboxylic acids is 1. The van der Waals surface area contributed by atoms with Crippen molar-refractivity contribution in [2.75, 3.05) is 12.4 Å². The number of aromatic nitrogens is 2. The number of anilines is 1. The van der Waals surface area contributed by atoms with Crippen molar-refractivity contribution in [1.82, 2.24) is 9.55 Å². The van der Waals surface area contributed by atoms with E-state index in [9.17, 15) is 22.8 Å². The summed E-state index contributed by atoms with van der Waals surface area (Å²) < 4.78 is 46.8. The molecule has 0 bridgehead atoms. The number of ether oxygens (including phenoxy) is 1. The van der Waals surface area contributed by atoms with E-state index >= 15 is 0 Å². The smallest absolute Gasteiger partial charge is 0.438 e. The standard InChI is InChI=1S/C22H22F3N3O3/c1-5-16(20(29)27-14-8-6-7-9-18(14)31-4)28-17-11-13(3)12(2)10-15(17)26-19(21(28)30)22(23,24)25/h6-11,16H,5H2,1-4H3,(H,27,29). The average molecular weight is 433 g/mol. The van der Waals surface area contributed by atoms with Gasteiger partial charge in [0.2, 0.25) is 11.6 Å². The van der Waals surface area contributed by atoms with Crippen molar-refractivity contribution >= 4 is 22.6 Å². The number of nitrogens with one attached hydrogen (secondary N) is 1. The molecule has 3 rings (SSSR count). The number of halogens is 3. The number of rotatable bonds is 5. The Morgan fingerprint density at radius 2 is 1.84 bits per heavy atom. The number of hydrogen-bond acceptors (Lipinski definition) is 4. The molecule has 0 aliphatic rings. The van der Waals surface area contributed by atoms with Crippen molar-refractivity contribution in [3.63, 3.8) is 0 Å². The number of para-hydroxylation sites is 2. The lowest BCUT2D eigenvalue weighted by Crippen LogP contribution is -2.37. The van der Waals surface area contributed by atoms with Crippen LogP contribution in [0.15, 0.2) is 41.2 Å². The molecule has 3 aromatic rings. The average Bonchev–Trinajstić information content (AvgIpc) is 2.71. The van der Waals surface area contributed by atoms with Crippen LogP contribution in [0.3, 0.4) is 0 Å². The maximum absolute atomic E-state index is 13.6. The van der Waals surface area contributed by atoms with Gasteiger partial charge in [-0.25, -0.2) is 4.98 Å². The largest absolute Gasteiger partial charge is 0.495 e. The first kappa shape index (κ1) is 22.3. The minimum atomic E-state index is -4.96. The number of carbonyl (C=O) groups is 1. The van der Waals surface area contributed by atoms with Gasteiger partial charge in [-0.2, -0.15) is 13.2 Å². The topological polar surface area (TPSA) is 73.2 Å². The van der Waals surface area contributed by atoms with Gasteiger partial charge in [0.15, 0.2) is 0 Å². The third-order valence-electron chi connectivity index (χ3n) is 5.14. The molecule has 2 aromatic carbocycles. The third kappa shape index (κ3) is 4.26. The van der Waals surface area contributed by atoms with E-state index < -0.39 is 29.4 Å². The minimum Gasteiger partial charge on any atom is -0.495 e. The van der Waals surface area contributed by atoms with Gasteiger partial charge >= 0.3 is 6.18 Å². The summed E-state index contributed by atoms with van der Waals surface area (Å²) in [4.78, 5) is 29.6. The molecule has 1 unspecified atom stereocenters. The first-order valence-electron chi connectivity index (χ1n) is 9.63. The van der Waals surface area contributed by atoms with Crippen LogP contribution in [0.25, 0.3) is 11.0 Å². The molecule has 0 spiro atoms. The number of methoxy groups -OCH3 is 1. The van der Waals surface area contributed by atoms with Crippen LogP contribution >= 0.6 is 0 Å². The fraction of sp³-hybridized carbons (Fsp3) is 0.318. The molecule has 31 heavy (non-hydrogen) atoms. The summed E-state index contributed by atoms with van der Waals surface area (Å²) >= 11 is 0. The van der Waals surface area contributed by atoms with Crippen LogP contribution in [-0.2, 0) is 11.0 Å². The molecule has 0 saturated carbocycles. The highest BCUT2D eigenvalue weighted by Crippen LogP contribution is 2.30. The monoisotopic (exact) mass is 433 g/mol. The van der Waals surface area contributed by atoms with E-state index in [0.29, 0.717) is 11.4 Å². The van der Waals surface area contributed by atoms with E-state index in [1.165, 1.54) is 13.2 Å². The molecule has 0 saturated heterocycles. The maximum Gasteiger partial charge on any atom is 0.438 e. The van der Waals surface area contributed by atoms with Gasteiger partial charge in [-0.1, -0.05) is 19.1 Å². The molecule has 164 valence electrons. The van der Waals surface area contributed by atoms with Crippen LogP contribution in [0, 0.1) is 13.8 Å². The maximum atomic E-state index is 13.6. The Bertz CT molecular complexity index is 1200. The van der Waals surface area contributed by atoms with Gasteiger partial charge in [0, 0.05) is 0 Å². The number of fused-ring (bicyclic) bond motifs is 1. The van der Waals surface area contributed by atoms with Crippen LogP contribution < -0.4 is 15.6 Å². The van der Waals surface area contributed by atoms with Gasteiger partial charge in [-0.05, 0) is 55.7 Å². The Morgan fingerprint density at radius 3 is 2.45 bits per heavy atom. The molecular formula is C22H22F3N3O3. The highest BCUT2D eigenvalue weighted by molar-refractivity contribution is 5.96. The number of amides is 1. The van der Waals surface area contributed by atoms with E-state index in [2.05, 4.69) is 10.3 Å². The van der Waals surface area contributed by atoms with Crippen LogP contribution in [0.1, 0.15) is 36.2 Å². The summed E-state index contributed by atoms with van der Waals surface area (Å²) in [6, 6.07) is 8.52. The van der Waals surface area contributed by atoms with Crippen molar-refractivity contribution in [1.29, 1.82) is 0 Å². The lowest BCUT2D eigenvalue weighted by atomic mass is 10.1. The predicted octanol–water partition coefficient (Wildman–Crippen LogP) is 4.63. The number of hydrogen-bond donors (Lipinski definition) is 1. The Morgan fingerprint density at radius 1 is 1.19 bits per heavy atom. The third-order valence-corrected chi connectivity index (χ3v) is 5.14. The number of alkyl halides is 3. The molecular weight excluding hydrogens is 411 g/mol. The Kier molecular flexibility index (Phi) is 6.06. The summed E-state index contributed by atoms with van der Waals surface area (Å²) in [7, 11) is 1.43. The SMILES string of the molecule is CCC(C(=O)Nc1ccccc1OC)n1c(=O)c(C(F)(F)F)nc2cc(C)c(C)cc21. The molecule has 1 atom stereocenters. The minimum absolute atomic E-state index is 0.00133. The first-order chi connectivity index (χ1) is 14.6. The zero-order chi connectivity index (χ0) is 22.9. The lowest BCUT2D eigenvalue weighted by molar-refractivity contribution is -0.142. The second-order valence-electron chi connectivity index (χ2n) is 7.17. The Balaban J connectivity index is 2.22. The van der Waals surface area contributed by atoms with E-state index in [1.807, 2.05) is 0 Å². The zero-order valence-electron chi connectivity index (χ0n) is 17.5. The molecule has 0 fully saturated rings. The normalized spacial score (nSPS) is 12.6. The molecule has 1 amide bonds. The van der Waals surface area contributed by atoms with Crippen LogP contribution in [0.5, 0.6) is 5.75 Å². The second-order valence-corrected chi connectivity index (χ2v) is 7.17. The van der Waals surface area contributed by atoms with E-state index in [-0.39, 0.29) is 17.5 Å². The van der Waals surface area contributed by atoms with Gasteiger partial charge in [0.05, 0.1) is 23.8 Å². The summed E-state index contributed by atoms with van der Waals surface area (Å²) in [6.07, 6.45) is -4.87. The van der Waals surface area contributed by atoms with Crippen molar-refractivity contribution in [2.24, 2.45) is 0 Å². The highest BCUT2D eigenvalue weighted by atomic mass is 19.4. The lowest BCUT2D eigenvalue weighted by Gasteiger charge is -2.22. The fourth-order valence-corrected chi connectivity index (χ4v) is 3.40. The summed E-state index contributed by atoms with van der Waals surface area (Å²) in [5, 5.41) is 2.66. The Hall–Kier alpha value is -3.36. The zero-order valence-corrected chi connectivity index (χ0v) is 17.5. The molecule has 9 heteroatoms. The second kappa shape index (κ2) is 8.41. The fourth-order valence-electron chi connectivity index (χ4n) is 3.40. The van der Waals surface area contributed by atoms with Gasteiger partial charge in [-0.3, -0.25) is 14.2 Å². The quantitative estimate of drug-likeness (QED) is 0.637. The van der Waals surface area contributed by atoms with E-state index in [0.717, 1.165) is 15.7 Å². The molecule has 1 heterocycles. The predicted molar refractivity (Wildman–Crippen MR) is 111 cm³/mol. The van der Waals surface area contributed by atoms with Crippen molar-refractivity contribution in [3.05, 3.63) is 63.6 Å². The van der Waals surface area contributed by atoms with Gasteiger partial charge in [0.25, 0.3) is 5.56 Å². The molecule has 1 N–H and O–H groups in total. The summed E-state index contributed by atoms with van der Waals surface area (Å²) in [5.41, 5.74) is -0.895. The van der Waals surface area contributed by atoms with Gasteiger partial charge < -0.3 is 10.1 Å². The van der Waals surface area contributed by atoms with Gasteiger partial charge in [0.1, 0.15) is 11.8 Å². The molecule has 0 aliphatic heterocycles. The van der Waals surface area contributed by atoms with Crippen LogP contribution in [-0.4, -0.2) is 22.6 Å². The number of aryl methyl sites for hydroxylation is 2. The van der Waals surface area contributed by atoms with Crippen LogP contribution in [0.2, 0.25) is 0 Å². The molecule has 6 nitrogen and oxygen atoms in total. The van der Waals surface area contributed by atoms with Gasteiger partial charge in [-0.15, -0.1) is 0 Å². The first-order valence-corrected chi connectivity index (χ1v) is 9.63. The van der Waals surface area contributed by atoms with E-state index in [1.54, 1.807) is 51.1 Å². The van der Waals surface area contributed by atoms with Crippen molar-refractivity contribution < 1.29 is 22.7 Å². The number of benzene rings is 2. The van der Waals surface area contributed by atoms with Crippen molar-refractivity contribution in [2.45, 2.75) is 39.4 Å². The molecule has 0 radical (unpaired) electrons. The van der Waals surface area contributed by atoms with E-state index in [4.69, 9.17) is 4.74 Å². The molecule has 0 aliphatic carbocycles. The Labute approximate surface area is 176 Å². The number of nitrogens with zero attached hydrogens (tertiary/aromatic N) is 2. The highest BCUT2D eigenvalue weighted by Gasteiger charge is 2.39. The summed E-state index contributed by atoms with van der Waals surface area (Å²) in [6.45, 7) is 5.14. The van der Waals surface area contributed by atoms with Crippen molar-refractivity contribution in [3.8, 4) is 5.75 Å². The van der Waals surface area contributed by atoms with Crippen LogP contribution in [0.4, 0.5) is 18.9 Å².